The number of hydrogen-bond acceptors (Lipinski definition) is 6. The smallest absolute Gasteiger partial charge is 0.328 e. The Labute approximate surface area is 303 Å². The third-order valence-electron chi connectivity index (χ3n) is 8.28. The van der Waals surface area contributed by atoms with Gasteiger partial charge in [-0.25, -0.2) is 4.79 Å². The van der Waals surface area contributed by atoms with Gasteiger partial charge in [0.25, 0.3) is 0 Å². The van der Waals surface area contributed by atoms with E-state index in [0.717, 1.165) is 77.0 Å². The van der Waals surface area contributed by atoms with Gasteiger partial charge < -0.3 is 25.6 Å². The third-order valence-corrected chi connectivity index (χ3v) is 8.28. The molecule has 2 atom stereocenters. The highest BCUT2D eigenvalue weighted by Crippen LogP contribution is 2.15. The number of nitrogens with one attached hydrogen (secondary N) is 2. The number of esters is 1. The minimum Gasteiger partial charge on any atom is -0.480 e. The van der Waals surface area contributed by atoms with Gasteiger partial charge in [-0.2, -0.15) is 0 Å². The Morgan fingerprint density at radius 3 is 1.82 bits per heavy atom. The van der Waals surface area contributed by atoms with Gasteiger partial charge >= 0.3 is 11.9 Å². The molecule has 0 aromatic carbocycles. The Morgan fingerprint density at radius 2 is 1.16 bits per heavy atom. The highest BCUT2D eigenvalue weighted by atomic mass is 16.5. The number of carboxylic acid groups (broad SMARTS) is 1. The molecule has 0 radical (unpaired) electrons. The molecule has 0 saturated heterocycles. The number of ether oxygens (including phenoxy) is 1. The van der Waals surface area contributed by atoms with Crippen LogP contribution in [0.2, 0.25) is 0 Å². The SMILES string of the molecule is CCCC/C=C\CCCCCCCC(=O)OC(/C=C\C/C=C\C/C=C\CCCCC)CCCCCCCC(=O)NCC(=O)NC(CO)C(=O)O. The standard InChI is InChI=1S/C41H70N2O7/c1-3-5-7-9-11-13-15-17-19-22-26-30-36(50-40(47)33-29-25-20-18-16-14-12-10-8-6-4-2)31-27-23-21-24-28-32-38(45)42-34-39(46)43-37(35-44)41(48)49/h10-13,17,19,26,30,36-37,44H,3-9,14-16,18,20-25,27-29,31-35H2,1-2H3,(H,42,45)(H,43,46)(H,48,49)/b12-10-,13-11-,19-17-,30-26-. The van der Waals surface area contributed by atoms with Crippen LogP contribution in [0.15, 0.2) is 48.6 Å². The third kappa shape index (κ3) is 32.0. The molecule has 0 aromatic rings. The van der Waals surface area contributed by atoms with Crippen molar-refractivity contribution in [2.45, 2.75) is 174 Å². The van der Waals surface area contributed by atoms with Crippen molar-refractivity contribution in [3.63, 3.8) is 0 Å². The van der Waals surface area contributed by atoms with Gasteiger partial charge in [-0.05, 0) is 76.7 Å². The minimum absolute atomic E-state index is 0.128. The van der Waals surface area contributed by atoms with Gasteiger partial charge in [0.2, 0.25) is 11.8 Å². The lowest BCUT2D eigenvalue weighted by molar-refractivity contribution is -0.147. The maximum Gasteiger partial charge on any atom is 0.328 e. The molecule has 2 unspecified atom stereocenters. The molecule has 0 aliphatic heterocycles. The van der Waals surface area contributed by atoms with Gasteiger partial charge in [0, 0.05) is 12.8 Å². The molecule has 9 nitrogen and oxygen atoms in total. The van der Waals surface area contributed by atoms with Crippen LogP contribution in [0.5, 0.6) is 0 Å². The largest absolute Gasteiger partial charge is 0.480 e. The quantitative estimate of drug-likeness (QED) is 0.0298. The maximum atomic E-state index is 12.7. The van der Waals surface area contributed by atoms with Crippen molar-refractivity contribution in [3.8, 4) is 0 Å². The summed E-state index contributed by atoms with van der Waals surface area (Å²) < 4.78 is 5.88. The lowest BCUT2D eigenvalue weighted by Crippen LogP contribution is -2.47. The zero-order chi connectivity index (χ0) is 36.9. The fourth-order valence-electron chi connectivity index (χ4n) is 5.21. The summed E-state index contributed by atoms with van der Waals surface area (Å²) in [5.74, 6) is -2.41. The molecule has 0 aromatic heterocycles. The number of carbonyl (C=O) groups excluding carboxylic acids is 3. The summed E-state index contributed by atoms with van der Waals surface area (Å²) in [6.07, 6.45) is 40.1. The predicted molar refractivity (Wildman–Crippen MR) is 204 cm³/mol. The Kier molecular flexibility index (Phi) is 33.3. The Morgan fingerprint density at radius 1 is 0.620 bits per heavy atom. The number of unbranched alkanes of at least 4 members (excludes halogenated alkanes) is 14. The molecule has 50 heavy (non-hydrogen) atoms. The molecule has 286 valence electrons. The van der Waals surface area contributed by atoms with Crippen LogP contribution in [0.25, 0.3) is 0 Å². The Bertz CT molecular complexity index is 989. The Hall–Kier alpha value is -3.20. The fraction of sp³-hybridized carbons (Fsp3) is 0.707. The van der Waals surface area contributed by atoms with E-state index in [1.54, 1.807) is 0 Å². The first-order chi connectivity index (χ1) is 24.3. The number of hydrogen-bond donors (Lipinski definition) is 4. The normalized spacial score (nSPS) is 13.0. The maximum absolute atomic E-state index is 12.7. The van der Waals surface area contributed by atoms with E-state index in [2.05, 4.69) is 67.0 Å². The highest BCUT2D eigenvalue weighted by molar-refractivity contribution is 5.87. The summed E-state index contributed by atoms with van der Waals surface area (Å²) in [5.41, 5.74) is 0. The lowest BCUT2D eigenvalue weighted by atomic mass is 10.1. The lowest BCUT2D eigenvalue weighted by Gasteiger charge is -2.15. The van der Waals surface area contributed by atoms with E-state index < -0.39 is 24.5 Å². The first kappa shape index (κ1) is 46.8. The van der Waals surface area contributed by atoms with E-state index in [-0.39, 0.29) is 30.9 Å². The number of carbonyl (C=O) groups is 4. The fourth-order valence-corrected chi connectivity index (χ4v) is 5.21. The number of aliphatic carboxylic acids is 1. The van der Waals surface area contributed by atoms with Crippen molar-refractivity contribution in [1.29, 1.82) is 0 Å². The van der Waals surface area contributed by atoms with Crippen LogP contribution in [0, 0.1) is 0 Å². The van der Waals surface area contributed by atoms with Crippen molar-refractivity contribution in [3.05, 3.63) is 48.6 Å². The van der Waals surface area contributed by atoms with Crippen molar-refractivity contribution in [1.82, 2.24) is 10.6 Å². The van der Waals surface area contributed by atoms with E-state index >= 15 is 0 Å². The second kappa shape index (κ2) is 35.6. The second-order valence-corrected chi connectivity index (χ2v) is 13.0. The van der Waals surface area contributed by atoms with Gasteiger partial charge in [0.15, 0.2) is 0 Å². The average Bonchev–Trinajstić information content (AvgIpc) is 3.10. The van der Waals surface area contributed by atoms with Crippen molar-refractivity contribution in [2.75, 3.05) is 13.2 Å². The summed E-state index contributed by atoms with van der Waals surface area (Å²) in [6, 6.07) is -1.39. The van der Waals surface area contributed by atoms with Gasteiger partial charge in [-0.15, -0.1) is 0 Å². The number of amides is 2. The minimum atomic E-state index is -1.39. The first-order valence-electron chi connectivity index (χ1n) is 19.5. The molecule has 0 bridgehead atoms. The summed E-state index contributed by atoms with van der Waals surface area (Å²) >= 11 is 0. The van der Waals surface area contributed by atoms with Crippen molar-refractivity contribution in [2.24, 2.45) is 0 Å². The van der Waals surface area contributed by atoms with Crippen molar-refractivity contribution < 1.29 is 34.1 Å². The van der Waals surface area contributed by atoms with E-state index in [1.165, 1.54) is 51.4 Å². The van der Waals surface area contributed by atoms with Gasteiger partial charge in [0.05, 0.1) is 13.2 Å². The Balaban J connectivity index is 4.46. The van der Waals surface area contributed by atoms with E-state index in [9.17, 15) is 19.2 Å². The van der Waals surface area contributed by atoms with Gasteiger partial charge in [0.1, 0.15) is 12.1 Å². The molecule has 0 aliphatic rings. The first-order valence-corrected chi connectivity index (χ1v) is 19.5. The van der Waals surface area contributed by atoms with Crippen LogP contribution >= 0.6 is 0 Å². The number of aliphatic hydroxyl groups is 1. The molecular weight excluding hydrogens is 632 g/mol. The molecule has 0 saturated carbocycles. The summed E-state index contributed by atoms with van der Waals surface area (Å²) in [4.78, 5) is 47.3. The molecule has 4 N–H and O–H groups in total. The van der Waals surface area contributed by atoms with Crippen LogP contribution in [0.1, 0.15) is 162 Å². The van der Waals surface area contributed by atoms with Crippen LogP contribution < -0.4 is 10.6 Å². The molecule has 0 aliphatic carbocycles. The number of carboxylic acids is 1. The van der Waals surface area contributed by atoms with Crippen LogP contribution in [-0.4, -0.2) is 59.3 Å². The molecule has 0 fully saturated rings. The summed E-state index contributed by atoms with van der Waals surface area (Å²) in [6.45, 7) is 3.38. The molecule has 0 rings (SSSR count). The van der Waals surface area contributed by atoms with Crippen LogP contribution in [0.4, 0.5) is 0 Å². The topological polar surface area (TPSA) is 142 Å². The summed E-state index contributed by atoms with van der Waals surface area (Å²) in [7, 11) is 0. The van der Waals surface area contributed by atoms with E-state index in [4.69, 9.17) is 14.9 Å². The van der Waals surface area contributed by atoms with E-state index in [0.29, 0.717) is 12.8 Å². The predicted octanol–water partition coefficient (Wildman–Crippen LogP) is 8.81. The molecule has 0 heterocycles. The van der Waals surface area contributed by atoms with Gasteiger partial charge in [-0.1, -0.05) is 121 Å². The monoisotopic (exact) mass is 703 g/mol. The number of allylic oxidation sites excluding steroid dienone is 7. The van der Waals surface area contributed by atoms with Crippen LogP contribution in [0.3, 0.4) is 0 Å². The van der Waals surface area contributed by atoms with Crippen molar-refractivity contribution >= 4 is 23.8 Å². The zero-order valence-corrected chi connectivity index (χ0v) is 31.4. The average molecular weight is 703 g/mol. The highest BCUT2D eigenvalue weighted by Gasteiger charge is 2.18. The van der Waals surface area contributed by atoms with Gasteiger partial charge in [-0.3, -0.25) is 14.4 Å². The molecule has 0 spiro atoms. The summed E-state index contributed by atoms with van der Waals surface area (Å²) in [5, 5.41) is 22.5. The molecule has 2 amide bonds. The zero-order valence-electron chi connectivity index (χ0n) is 31.4. The number of rotatable bonds is 34. The van der Waals surface area contributed by atoms with Crippen LogP contribution in [-0.2, 0) is 23.9 Å². The molecular formula is C41H70N2O7. The second-order valence-electron chi connectivity index (χ2n) is 13.0. The molecule has 9 heteroatoms. The number of aliphatic hydroxyl groups excluding tert-OH is 1. The van der Waals surface area contributed by atoms with E-state index in [1.807, 2.05) is 6.08 Å².